The van der Waals surface area contributed by atoms with Crippen molar-refractivity contribution in [3.8, 4) is 0 Å². The van der Waals surface area contributed by atoms with Gasteiger partial charge in [0.15, 0.2) is 17.4 Å². The van der Waals surface area contributed by atoms with Crippen molar-refractivity contribution in [3.05, 3.63) is 65.4 Å². The largest absolute Gasteiger partial charge is 0.358 e. The lowest BCUT2D eigenvalue weighted by Gasteiger charge is -2.36. The second-order valence-electron chi connectivity index (χ2n) is 7.73. The van der Waals surface area contributed by atoms with Crippen LogP contribution in [0.1, 0.15) is 23.0 Å². The van der Waals surface area contributed by atoms with Crippen LogP contribution < -0.4 is 0 Å². The van der Waals surface area contributed by atoms with E-state index >= 15 is 0 Å². The molecule has 1 aliphatic heterocycles. The fourth-order valence-electron chi connectivity index (χ4n) is 4.09. The Morgan fingerprint density at radius 2 is 1.71 bits per heavy atom. The van der Waals surface area contributed by atoms with Crippen molar-refractivity contribution in [2.45, 2.75) is 24.8 Å². The van der Waals surface area contributed by atoms with Crippen LogP contribution >= 0.6 is 0 Å². The number of piperazine rings is 1. The van der Waals surface area contributed by atoms with Crippen molar-refractivity contribution < 1.29 is 22.0 Å². The third kappa shape index (κ3) is 3.88. The number of nitrogens with zero attached hydrogens (tertiary/aromatic N) is 2. The van der Waals surface area contributed by atoms with Crippen molar-refractivity contribution >= 4 is 26.7 Å². The summed E-state index contributed by atoms with van der Waals surface area (Å²) in [5.74, 6) is -2.32. The quantitative estimate of drug-likeness (QED) is 0.609. The molecule has 3 aromatic rings. The van der Waals surface area contributed by atoms with Crippen LogP contribution in [0.2, 0.25) is 0 Å². The van der Waals surface area contributed by atoms with E-state index in [9.17, 15) is 22.0 Å². The van der Waals surface area contributed by atoms with E-state index in [1.807, 2.05) is 43.0 Å². The van der Waals surface area contributed by atoms with Gasteiger partial charge in [0.05, 0.1) is 10.9 Å². The lowest BCUT2D eigenvalue weighted by Crippen LogP contribution is -2.53. The molecule has 0 saturated carbocycles. The topological polar surface area (TPSA) is 73.5 Å². The Labute approximate surface area is 179 Å². The molecule has 0 bridgehead atoms. The predicted octanol–water partition coefficient (Wildman–Crippen LogP) is 3.33. The van der Waals surface area contributed by atoms with E-state index < -0.39 is 27.7 Å². The lowest BCUT2D eigenvalue weighted by molar-refractivity contribution is 0.0783. The van der Waals surface area contributed by atoms with E-state index in [4.69, 9.17) is 0 Å². The molecule has 0 radical (unpaired) electrons. The Hall–Kier alpha value is -2.62. The van der Waals surface area contributed by atoms with Crippen molar-refractivity contribution in [2.75, 3.05) is 26.2 Å². The predicted molar refractivity (Wildman–Crippen MR) is 114 cm³/mol. The summed E-state index contributed by atoms with van der Waals surface area (Å²) in [6.07, 6.45) is 0. The molecule has 1 fully saturated rings. The van der Waals surface area contributed by atoms with E-state index in [0.717, 1.165) is 28.7 Å². The molecule has 2 heterocycles. The first kappa shape index (κ1) is 21.6. The minimum absolute atomic E-state index is 0.0214. The third-order valence-electron chi connectivity index (χ3n) is 5.87. The highest BCUT2D eigenvalue weighted by Crippen LogP contribution is 2.25. The number of carbonyl (C=O) groups excluding carboxylic acids is 1. The van der Waals surface area contributed by atoms with Crippen LogP contribution in [0.25, 0.3) is 10.9 Å². The van der Waals surface area contributed by atoms with Crippen LogP contribution in [-0.2, 0) is 10.0 Å². The first-order valence-electron chi connectivity index (χ1n) is 10.0. The number of benzene rings is 2. The van der Waals surface area contributed by atoms with Gasteiger partial charge in [-0.2, -0.15) is 4.31 Å². The van der Waals surface area contributed by atoms with Gasteiger partial charge >= 0.3 is 0 Å². The van der Waals surface area contributed by atoms with Crippen LogP contribution in [0, 0.1) is 18.6 Å². The van der Waals surface area contributed by atoms with Gasteiger partial charge in [-0.25, -0.2) is 17.2 Å². The first-order chi connectivity index (χ1) is 14.7. The van der Waals surface area contributed by atoms with Crippen molar-refractivity contribution in [1.82, 2.24) is 14.2 Å². The number of aromatic amines is 1. The summed E-state index contributed by atoms with van der Waals surface area (Å²) in [5.41, 5.74) is 2.36. The molecule has 1 N–H and O–H groups in total. The number of para-hydroxylation sites is 1. The molecule has 9 heteroatoms. The SMILES string of the molecule is Cc1[nH]c2ccccc2c1C(=O)[C@H](C)N1CCN(S(=O)(=O)c2ccc(F)c(F)c2)CC1. The summed E-state index contributed by atoms with van der Waals surface area (Å²) in [7, 11) is -3.94. The Morgan fingerprint density at radius 3 is 2.39 bits per heavy atom. The number of hydrogen-bond donors (Lipinski definition) is 1. The van der Waals surface area contributed by atoms with Gasteiger partial charge in [-0.15, -0.1) is 0 Å². The van der Waals surface area contributed by atoms with Gasteiger partial charge < -0.3 is 4.98 Å². The summed E-state index contributed by atoms with van der Waals surface area (Å²) < 4.78 is 53.5. The molecule has 4 rings (SSSR count). The third-order valence-corrected chi connectivity index (χ3v) is 7.76. The van der Waals surface area contributed by atoms with Crippen LogP contribution in [0.5, 0.6) is 0 Å². The van der Waals surface area contributed by atoms with Crippen molar-refractivity contribution in [2.24, 2.45) is 0 Å². The Bertz CT molecular complexity index is 1250. The summed E-state index contributed by atoms with van der Waals surface area (Å²) in [4.78, 5) is 18.1. The smallest absolute Gasteiger partial charge is 0.243 e. The maximum atomic E-state index is 13.5. The summed E-state index contributed by atoms with van der Waals surface area (Å²) in [6, 6.07) is 9.77. The normalized spacial score (nSPS) is 17.2. The van der Waals surface area contributed by atoms with Gasteiger partial charge in [0.2, 0.25) is 10.0 Å². The number of hydrogen-bond acceptors (Lipinski definition) is 4. The average molecular weight is 448 g/mol. The summed E-state index contributed by atoms with van der Waals surface area (Å²) >= 11 is 0. The first-order valence-corrected chi connectivity index (χ1v) is 11.4. The van der Waals surface area contributed by atoms with Crippen molar-refractivity contribution in [1.29, 1.82) is 0 Å². The standard InChI is InChI=1S/C22H23F2N3O3S/c1-14-21(17-5-3-4-6-20(17)25-14)22(28)15(2)26-9-11-27(12-10-26)31(29,30)16-7-8-18(23)19(24)13-16/h3-8,13,15,25H,9-12H2,1-2H3/t15-/m0/s1. The second kappa shape index (κ2) is 8.14. The van der Waals surface area contributed by atoms with E-state index in [1.165, 1.54) is 4.31 Å². The highest BCUT2D eigenvalue weighted by Gasteiger charge is 2.33. The number of aryl methyl sites for hydroxylation is 1. The average Bonchev–Trinajstić information content (AvgIpc) is 3.10. The van der Waals surface area contributed by atoms with Crippen LogP contribution in [0.4, 0.5) is 8.78 Å². The number of halogens is 2. The summed E-state index contributed by atoms with van der Waals surface area (Å²) in [6.45, 7) is 4.72. The second-order valence-corrected chi connectivity index (χ2v) is 9.66. The molecule has 1 aromatic heterocycles. The number of Topliss-reactive ketones (excluding diaryl/α,β-unsaturated/α-hetero) is 1. The zero-order valence-corrected chi connectivity index (χ0v) is 18.0. The number of aromatic nitrogens is 1. The van der Waals surface area contributed by atoms with Gasteiger partial charge in [-0.1, -0.05) is 18.2 Å². The number of rotatable bonds is 5. The number of fused-ring (bicyclic) bond motifs is 1. The number of sulfonamides is 1. The lowest BCUT2D eigenvalue weighted by atomic mass is 10.0. The zero-order chi connectivity index (χ0) is 22.3. The fourth-order valence-corrected chi connectivity index (χ4v) is 5.52. The molecule has 1 saturated heterocycles. The minimum atomic E-state index is -3.94. The molecule has 31 heavy (non-hydrogen) atoms. The highest BCUT2D eigenvalue weighted by molar-refractivity contribution is 7.89. The maximum Gasteiger partial charge on any atom is 0.243 e. The molecule has 0 aliphatic carbocycles. The van der Waals surface area contributed by atoms with Crippen LogP contribution in [0.3, 0.4) is 0 Å². The molecular weight excluding hydrogens is 424 g/mol. The molecule has 6 nitrogen and oxygen atoms in total. The number of H-pyrrole nitrogens is 1. The number of carbonyl (C=O) groups is 1. The highest BCUT2D eigenvalue weighted by atomic mass is 32.2. The van der Waals surface area contributed by atoms with Gasteiger partial charge in [0, 0.05) is 48.3 Å². The van der Waals surface area contributed by atoms with Crippen LogP contribution in [-0.4, -0.2) is 60.6 Å². The van der Waals surface area contributed by atoms with Gasteiger partial charge in [0.1, 0.15) is 0 Å². The van der Waals surface area contributed by atoms with E-state index in [1.54, 1.807) is 0 Å². The molecule has 0 spiro atoms. The molecule has 0 amide bonds. The number of nitrogens with one attached hydrogen (secondary N) is 1. The Balaban J connectivity index is 1.48. The van der Waals surface area contributed by atoms with E-state index in [0.29, 0.717) is 24.7 Å². The molecule has 0 unspecified atom stereocenters. The Kier molecular flexibility index (Phi) is 5.67. The van der Waals surface area contributed by atoms with E-state index in [-0.39, 0.29) is 23.8 Å². The van der Waals surface area contributed by atoms with Gasteiger partial charge in [-0.05, 0) is 38.1 Å². The van der Waals surface area contributed by atoms with Crippen molar-refractivity contribution in [3.63, 3.8) is 0 Å². The monoisotopic (exact) mass is 447 g/mol. The molecule has 164 valence electrons. The molecule has 1 aliphatic rings. The molecule has 1 atom stereocenters. The van der Waals surface area contributed by atoms with Gasteiger partial charge in [-0.3, -0.25) is 9.69 Å². The maximum absolute atomic E-state index is 13.5. The molecule has 2 aromatic carbocycles. The Morgan fingerprint density at radius 1 is 1.03 bits per heavy atom. The minimum Gasteiger partial charge on any atom is -0.358 e. The summed E-state index contributed by atoms with van der Waals surface area (Å²) in [5, 5.41) is 0.872. The molecular formula is C22H23F2N3O3S. The van der Waals surface area contributed by atoms with Gasteiger partial charge in [0.25, 0.3) is 0 Å². The van der Waals surface area contributed by atoms with Crippen LogP contribution in [0.15, 0.2) is 47.4 Å². The van der Waals surface area contributed by atoms with E-state index in [2.05, 4.69) is 4.98 Å². The fraction of sp³-hybridized carbons (Fsp3) is 0.318. The zero-order valence-electron chi connectivity index (χ0n) is 17.2. The number of ketones is 1.